The summed E-state index contributed by atoms with van der Waals surface area (Å²) in [6.45, 7) is 0. The minimum atomic E-state index is 0.204. The van der Waals surface area contributed by atoms with Gasteiger partial charge in [0, 0.05) is 99.0 Å². The Morgan fingerprint density at radius 3 is 1.79 bits per heavy atom. The van der Waals surface area contributed by atoms with Crippen molar-refractivity contribution in [3.63, 3.8) is 0 Å². The first-order chi connectivity index (χ1) is 35.7. The third-order valence-electron chi connectivity index (χ3n) is 14.5. The van der Waals surface area contributed by atoms with E-state index in [1.165, 1.54) is 47.7 Å². The Morgan fingerprint density at radius 1 is 0.431 bits per heavy atom. The molecule has 0 bridgehead atoms. The van der Waals surface area contributed by atoms with Crippen LogP contribution in [-0.2, 0) is 0 Å². The van der Waals surface area contributed by atoms with Crippen molar-refractivity contribution in [2.24, 2.45) is 0 Å². The van der Waals surface area contributed by atoms with Crippen molar-refractivity contribution < 1.29 is 4.42 Å². The number of hydrogen-bond acceptors (Lipinski definition) is 5. The van der Waals surface area contributed by atoms with Gasteiger partial charge in [0.25, 0.3) is 0 Å². The number of anilines is 7. The summed E-state index contributed by atoms with van der Waals surface area (Å²) in [4.78, 5) is 7.28. The molecule has 0 saturated heterocycles. The molecule has 0 N–H and O–H groups in total. The number of para-hydroxylation sites is 4. The molecule has 12 aromatic rings. The zero-order chi connectivity index (χ0) is 47.5. The average molecular weight is 945 g/mol. The number of rotatable bonds is 10. The highest BCUT2D eigenvalue weighted by atomic mass is 32.1. The second kappa shape index (κ2) is 17.5. The predicted octanol–water partition coefficient (Wildman–Crippen LogP) is 18.9. The molecule has 9 aromatic carbocycles. The maximum Gasteiger partial charge on any atom is 0.137 e. The Labute approximate surface area is 422 Å². The second-order valence-corrected chi connectivity index (χ2v) is 19.9. The van der Waals surface area contributed by atoms with Crippen molar-refractivity contribution in [2.75, 3.05) is 14.7 Å². The van der Waals surface area contributed by atoms with Crippen LogP contribution in [0.5, 0.6) is 0 Å². The fourth-order valence-electron chi connectivity index (χ4n) is 11.2. The van der Waals surface area contributed by atoms with E-state index in [9.17, 15) is 0 Å². The molecule has 0 saturated carbocycles. The summed E-state index contributed by atoms with van der Waals surface area (Å²) in [5, 5.41) is 7.16. The quantitative estimate of drug-likeness (QED) is 0.137. The molecule has 6 heteroatoms. The molecule has 0 amide bonds. The lowest BCUT2D eigenvalue weighted by Crippen LogP contribution is -2.29. The van der Waals surface area contributed by atoms with E-state index in [-0.39, 0.29) is 6.04 Å². The van der Waals surface area contributed by atoms with Crippen LogP contribution in [0.15, 0.2) is 259 Å². The Balaban J connectivity index is 0.880. The first-order valence-corrected chi connectivity index (χ1v) is 25.7. The summed E-state index contributed by atoms with van der Waals surface area (Å²) < 4.78 is 11.6. The van der Waals surface area contributed by atoms with Gasteiger partial charge < -0.3 is 23.7 Å². The Bertz CT molecular complexity index is 4160. The van der Waals surface area contributed by atoms with Crippen LogP contribution < -0.4 is 14.7 Å². The minimum absolute atomic E-state index is 0.204. The van der Waals surface area contributed by atoms with Crippen molar-refractivity contribution in [1.82, 2.24) is 4.57 Å². The predicted molar refractivity (Wildman–Crippen MR) is 306 cm³/mol. The van der Waals surface area contributed by atoms with Gasteiger partial charge in [-0.15, -0.1) is 11.3 Å². The molecule has 14 rings (SSSR count). The lowest BCUT2D eigenvalue weighted by atomic mass is 10.0. The molecule has 3 aromatic heterocycles. The summed E-state index contributed by atoms with van der Waals surface area (Å²) in [7, 11) is 0. The van der Waals surface area contributed by atoms with Crippen LogP contribution in [0.4, 0.5) is 39.8 Å². The highest BCUT2D eigenvalue weighted by molar-refractivity contribution is 7.25. The monoisotopic (exact) mass is 944 g/mol. The number of furan rings is 1. The minimum Gasteiger partial charge on any atom is -0.456 e. The summed E-state index contributed by atoms with van der Waals surface area (Å²) in [5.41, 5.74) is 14.4. The third-order valence-corrected chi connectivity index (χ3v) is 15.6. The summed E-state index contributed by atoms with van der Waals surface area (Å²) in [6, 6.07) is 75.4. The number of benzene rings is 9. The fourth-order valence-corrected chi connectivity index (χ4v) is 12.3. The number of hydrogen-bond donors (Lipinski definition) is 0. The van der Waals surface area contributed by atoms with Crippen molar-refractivity contribution in [2.45, 2.75) is 25.3 Å². The molecule has 72 heavy (non-hydrogen) atoms. The molecule has 1 atom stereocenters. The smallest absolute Gasteiger partial charge is 0.137 e. The highest BCUT2D eigenvalue weighted by Crippen LogP contribution is 2.46. The van der Waals surface area contributed by atoms with Gasteiger partial charge in [-0.05, 0) is 147 Å². The van der Waals surface area contributed by atoms with Gasteiger partial charge in [0.05, 0.1) is 17.1 Å². The maximum absolute atomic E-state index is 6.69. The zero-order valence-electron chi connectivity index (χ0n) is 39.5. The second-order valence-electron chi connectivity index (χ2n) is 18.8. The maximum atomic E-state index is 6.69. The molecular formula is C66H48N4OS. The molecule has 2 aliphatic carbocycles. The highest BCUT2D eigenvalue weighted by Gasteiger charge is 2.24. The van der Waals surface area contributed by atoms with E-state index < -0.39 is 0 Å². The molecular weight excluding hydrogens is 897 g/mol. The molecule has 1 unspecified atom stereocenters. The normalized spacial score (nSPS) is 14.6. The van der Waals surface area contributed by atoms with Crippen LogP contribution in [0.3, 0.4) is 0 Å². The van der Waals surface area contributed by atoms with Gasteiger partial charge in [-0.2, -0.15) is 0 Å². The van der Waals surface area contributed by atoms with E-state index in [0.717, 1.165) is 86.7 Å². The van der Waals surface area contributed by atoms with Crippen LogP contribution >= 0.6 is 11.3 Å². The van der Waals surface area contributed by atoms with Gasteiger partial charge >= 0.3 is 0 Å². The Hall–Kier alpha value is -8.84. The molecule has 344 valence electrons. The number of aromatic nitrogens is 1. The molecule has 0 fully saturated rings. The van der Waals surface area contributed by atoms with Crippen LogP contribution in [-0.4, -0.2) is 10.6 Å². The van der Waals surface area contributed by atoms with Gasteiger partial charge in [-0.25, -0.2) is 0 Å². The Kier molecular flexibility index (Phi) is 10.2. The van der Waals surface area contributed by atoms with Gasteiger partial charge in [0.2, 0.25) is 0 Å². The van der Waals surface area contributed by atoms with E-state index in [4.69, 9.17) is 4.42 Å². The third kappa shape index (κ3) is 7.21. The number of fused-ring (bicyclic) bond motifs is 9. The van der Waals surface area contributed by atoms with Crippen LogP contribution in [0.2, 0.25) is 0 Å². The van der Waals surface area contributed by atoms with Gasteiger partial charge in [-0.1, -0.05) is 115 Å². The largest absolute Gasteiger partial charge is 0.456 e. The lowest BCUT2D eigenvalue weighted by Gasteiger charge is -2.32. The molecule has 0 aliphatic heterocycles. The van der Waals surface area contributed by atoms with Crippen LogP contribution in [0.1, 0.15) is 19.3 Å². The van der Waals surface area contributed by atoms with E-state index in [2.05, 4.69) is 268 Å². The van der Waals surface area contributed by atoms with Crippen molar-refractivity contribution >= 4 is 115 Å². The molecule has 2 aliphatic rings. The molecule has 0 radical (unpaired) electrons. The lowest BCUT2D eigenvalue weighted by molar-refractivity contribution is 0.668. The van der Waals surface area contributed by atoms with Gasteiger partial charge in [-0.3, -0.25) is 0 Å². The molecule has 3 heterocycles. The first kappa shape index (κ1) is 42.1. The average Bonchev–Trinajstić information content (AvgIpc) is 4.11. The van der Waals surface area contributed by atoms with Crippen molar-refractivity contribution in [1.29, 1.82) is 0 Å². The van der Waals surface area contributed by atoms with Crippen LogP contribution in [0, 0.1) is 0 Å². The number of allylic oxidation sites excluding steroid dienone is 6. The first-order valence-electron chi connectivity index (χ1n) is 24.9. The van der Waals surface area contributed by atoms with Crippen molar-refractivity contribution in [3.8, 4) is 5.69 Å². The topological polar surface area (TPSA) is 27.8 Å². The summed E-state index contributed by atoms with van der Waals surface area (Å²) in [5.74, 6) is 0. The van der Waals surface area contributed by atoms with Crippen LogP contribution in [0.25, 0.3) is 69.6 Å². The van der Waals surface area contributed by atoms with E-state index in [1.807, 2.05) is 11.3 Å². The summed E-state index contributed by atoms with van der Waals surface area (Å²) >= 11 is 1.86. The number of thiophene rings is 1. The number of nitrogens with zero attached hydrogens (tertiary/aromatic N) is 4. The van der Waals surface area contributed by atoms with E-state index in [1.54, 1.807) is 0 Å². The van der Waals surface area contributed by atoms with E-state index >= 15 is 0 Å². The summed E-state index contributed by atoms with van der Waals surface area (Å²) in [6.07, 6.45) is 18.5. The Morgan fingerprint density at radius 2 is 1.06 bits per heavy atom. The van der Waals surface area contributed by atoms with E-state index in [0.29, 0.717) is 0 Å². The van der Waals surface area contributed by atoms with Gasteiger partial charge in [0.1, 0.15) is 11.2 Å². The van der Waals surface area contributed by atoms with Crippen molar-refractivity contribution in [3.05, 3.63) is 254 Å². The zero-order valence-corrected chi connectivity index (χ0v) is 40.3. The molecule has 0 spiro atoms. The standard InChI is InChI=1S/C66H48N4OS/c1-6-18-45(19-7-1)67(46-20-8-2-9-21-46)54-31-36-57-58-40-50(32-37-63(58)71-64(57)44-54)68(47-22-10-3-11-23-47)51-33-38-65-59(41-51)60-42-52(34-39-66(60)72-65)69(48-24-12-4-13-25-48)53-30-35-56-55-28-16-17-29-61(55)70(62(56)43-53)49-26-14-5-15-27-49/h1-12,14-20,22-24,26-44,46H,13,21,25H2. The van der Waals surface area contributed by atoms with Gasteiger partial charge in [0.15, 0.2) is 0 Å². The SMILES string of the molecule is C1=CCCC(N(c2ccc3sc4ccc(N(c5ccccc5)c5ccc6oc7cc(N(c8ccccc8)C8C=CC=CC8)ccc7c6c5)cc4c3c2)c2ccc3c4ccccc4n(-c4ccccc4)c3c2)=C1. The fraction of sp³-hybridized carbons (Fsp3) is 0.0606. The molecule has 5 nitrogen and oxygen atoms in total.